The fourth-order valence-corrected chi connectivity index (χ4v) is 3.13. The van der Waals surface area contributed by atoms with Gasteiger partial charge in [0.05, 0.1) is 23.7 Å². The van der Waals surface area contributed by atoms with Crippen LogP contribution in [0, 0.1) is 5.92 Å². The molecule has 0 bridgehead atoms. The smallest absolute Gasteiger partial charge is 0.109 e. The van der Waals surface area contributed by atoms with Crippen molar-refractivity contribution in [2.45, 2.75) is 59.0 Å². The van der Waals surface area contributed by atoms with Gasteiger partial charge in [0.25, 0.3) is 0 Å². The lowest BCUT2D eigenvalue weighted by atomic mass is 9.93. The van der Waals surface area contributed by atoms with Crippen LogP contribution in [0.1, 0.15) is 57.0 Å². The van der Waals surface area contributed by atoms with E-state index in [1.165, 1.54) is 16.6 Å². The number of aryl methyl sites for hydroxylation is 1. The Morgan fingerprint density at radius 2 is 1.90 bits per heavy atom. The highest BCUT2D eigenvalue weighted by Gasteiger charge is 2.19. The number of hydrogen-bond donors (Lipinski definition) is 1. The topological polar surface area (TPSA) is 37.9 Å². The maximum absolute atomic E-state index is 6.03. The zero-order valence-electron chi connectivity index (χ0n) is 13.6. The minimum atomic E-state index is 0.391. The first-order valence-electron chi connectivity index (χ1n) is 8.17. The second kappa shape index (κ2) is 5.80. The molecule has 0 saturated carbocycles. The van der Waals surface area contributed by atoms with E-state index < -0.39 is 0 Å². The molecule has 2 aromatic rings. The van der Waals surface area contributed by atoms with Gasteiger partial charge in [-0.05, 0) is 48.4 Å². The van der Waals surface area contributed by atoms with E-state index >= 15 is 0 Å². The molecule has 0 saturated heterocycles. The molecule has 114 valence electrons. The number of fused-ring (bicyclic) bond motifs is 2. The SMILES string of the molecule is CC(C)c1nc2cc3c(cc2[nH]1)CCC(C(C)C)OCC3. The average molecular weight is 286 g/mol. The molecule has 1 N–H and O–H groups in total. The summed E-state index contributed by atoms with van der Waals surface area (Å²) in [5, 5.41) is 0. The summed E-state index contributed by atoms with van der Waals surface area (Å²) >= 11 is 0. The monoisotopic (exact) mass is 286 g/mol. The average Bonchev–Trinajstić information content (AvgIpc) is 2.81. The minimum absolute atomic E-state index is 0.391. The van der Waals surface area contributed by atoms with E-state index in [0.717, 1.165) is 37.2 Å². The van der Waals surface area contributed by atoms with Crippen molar-refractivity contribution in [2.24, 2.45) is 5.92 Å². The molecule has 1 aliphatic rings. The highest BCUT2D eigenvalue weighted by atomic mass is 16.5. The second-order valence-electron chi connectivity index (χ2n) is 6.86. The van der Waals surface area contributed by atoms with Gasteiger partial charge < -0.3 is 9.72 Å². The number of benzene rings is 1. The summed E-state index contributed by atoms with van der Waals surface area (Å²) in [4.78, 5) is 8.19. The highest BCUT2D eigenvalue weighted by Crippen LogP contribution is 2.26. The van der Waals surface area contributed by atoms with Crippen LogP contribution >= 0.6 is 0 Å². The highest BCUT2D eigenvalue weighted by molar-refractivity contribution is 5.77. The Labute approximate surface area is 127 Å². The van der Waals surface area contributed by atoms with Crippen molar-refractivity contribution in [2.75, 3.05) is 6.61 Å². The molecule has 0 amide bonds. The third-order valence-corrected chi connectivity index (χ3v) is 4.51. The summed E-state index contributed by atoms with van der Waals surface area (Å²) in [7, 11) is 0. The van der Waals surface area contributed by atoms with Gasteiger partial charge in [-0.25, -0.2) is 4.98 Å². The van der Waals surface area contributed by atoms with E-state index in [4.69, 9.17) is 9.72 Å². The molecule has 1 aromatic carbocycles. The zero-order valence-corrected chi connectivity index (χ0v) is 13.6. The molecule has 3 heteroatoms. The second-order valence-corrected chi connectivity index (χ2v) is 6.86. The van der Waals surface area contributed by atoms with Crippen LogP contribution in [-0.4, -0.2) is 22.7 Å². The van der Waals surface area contributed by atoms with E-state index in [-0.39, 0.29) is 0 Å². The van der Waals surface area contributed by atoms with Crippen molar-refractivity contribution in [3.63, 3.8) is 0 Å². The van der Waals surface area contributed by atoms with Gasteiger partial charge in [0.1, 0.15) is 5.82 Å². The van der Waals surface area contributed by atoms with Gasteiger partial charge in [0.15, 0.2) is 0 Å². The summed E-state index contributed by atoms with van der Waals surface area (Å²) in [6.07, 6.45) is 3.60. The quantitative estimate of drug-likeness (QED) is 0.897. The van der Waals surface area contributed by atoms with E-state index in [2.05, 4.69) is 44.8 Å². The molecule has 21 heavy (non-hydrogen) atoms. The van der Waals surface area contributed by atoms with E-state index in [1.54, 1.807) is 0 Å². The fourth-order valence-electron chi connectivity index (χ4n) is 3.13. The number of ether oxygens (including phenoxy) is 1. The first-order valence-corrected chi connectivity index (χ1v) is 8.17. The van der Waals surface area contributed by atoms with Crippen LogP contribution in [0.2, 0.25) is 0 Å². The summed E-state index contributed by atoms with van der Waals surface area (Å²) in [6, 6.07) is 4.57. The molecule has 0 aliphatic carbocycles. The molecular weight excluding hydrogens is 260 g/mol. The number of nitrogens with one attached hydrogen (secondary N) is 1. The Kier molecular flexibility index (Phi) is 4.03. The third-order valence-electron chi connectivity index (χ3n) is 4.51. The van der Waals surface area contributed by atoms with Crippen LogP contribution in [-0.2, 0) is 17.6 Å². The molecule has 0 fully saturated rings. The lowest BCUT2D eigenvalue weighted by molar-refractivity contribution is 0.0163. The van der Waals surface area contributed by atoms with Crippen molar-refractivity contribution in [1.29, 1.82) is 0 Å². The number of aromatic amines is 1. The first kappa shape index (κ1) is 14.6. The standard InChI is InChI=1S/C18H26N2O/c1-11(2)17-6-5-13-9-15-16(10-14(13)7-8-21-17)20-18(19-15)12(3)4/h9-12,17H,5-8H2,1-4H3,(H,19,20). The molecule has 0 spiro atoms. The van der Waals surface area contributed by atoms with E-state index in [0.29, 0.717) is 17.9 Å². The van der Waals surface area contributed by atoms with Crippen LogP contribution in [0.25, 0.3) is 11.0 Å². The van der Waals surface area contributed by atoms with Crippen LogP contribution in [0.3, 0.4) is 0 Å². The predicted octanol–water partition coefficient (Wildman–Crippen LogP) is 4.22. The Morgan fingerprint density at radius 1 is 1.14 bits per heavy atom. The number of hydrogen-bond acceptors (Lipinski definition) is 2. The van der Waals surface area contributed by atoms with Crippen molar-refractivity contribution < 1.29 is 4.74 Å². The normalized spacial score (nSPS) is 19.8. The van der Waals surface area contributed by atoms with Gasteiger partial charge in [-0.1, -0.05) is 27.7 Å². The van der Waals surface area contributed by atoms with Crippen LogP contribution in [0.4, 0.5) is 0 Å². The Morgan fingerprint density at radius 3 is 2.62 bits per heavy atom. The summed E-state index contributed by atoms with van der Waals surface area (Å²) in [6.45, 7) is 9.67. The van der Waals surface area contributed by atoms with E-state index in [1.807, 2.05) is 0 Å². The number of nitrogens with zero attached hydrogens (tertiary/aromatic N) is 1. The molecule has 1 unspecified atom stereocenters. The van der Waals surface area contributed by atoms with Crippen molar-refractivity contribution in [1.82, 2.24) is 9.97 Å². The van der Waals surface area contributed by atoms with Crippen molar-refractivity contribution >= 4 is 11.0 Å². The molecule has 3 rings (SSSR count). The Hall–Kier alpha value is -1.35. The van der Waals surface area contributed by atoms with Crippen LogP contribution in [0.15, 0.2) is 12.1 Å². The summed E-state index contributed by atoms with van der Waals surface area (Å²) < 4.78 is 6.03. The van der Waals surface area contributed by atoms with Crippen LogP contribution in [0.5, 0.6) is 0 Å². The number of H-pyrrole nitrogens is 1. The van der Waals surface area contributed by atoms with Gasteiger partial charge in [0, 0.05) is 5.92 Å². The van der Waals surface area contributed by atoms with Gasteiger partial charge in [-0.2, -0.15) is 0 Å². The number of rotatable bonds is 2. The molecule has 0 radical (unpaired) electrons. The van der Waals surface area contributed by atoms with Crippen LogP contribution < -0.4 is 0 Å². The fraction of sp³-hybridized carbons (Fsp3) is 0.611. The molecule has 3 nitrogen and oxygen atoms in total. The number of imidazole rings is 1. The molecule has 1 aromatic heterocycles. The molecule has 1 aliphatic heterocycles. The third kappa shape index (κ3) is 2.98. The number of aromatic nitrogens is 2. The van der Waals surface area contributed by atoms with Crippen molar-refractivity contribution in [3.05, 3.63) is 29.1 Å². The van der Waals surface area contributed by atoms with Crippen molar-refractivity contribution in [3.8, 4) is 0 Å². The Bertz CT molecular complexity index is 627. The molecular formula is C18H26N2O. The molecule has 1 atom stereocenters. The summed E-state index contributed by atoms with van der Waals surface area (Å²) in [5.41, 5.74) is 5.15. The van der Waals surface area contributed by atoms with Gasteiger partial charge in [-0.3, -0.25) is 0 Å². The molecule has 2 heterocycles. The minimum Gasteiger partial charge on any atom is -0.378 e. The zero-order chi connectivity index (χ0) is 15.0. The van der Waals surface area contributed by atoms with Gasteiger partial charge in [-0.15, -0.1) is 0 Å². The summed E-state index contributed by atoms with van der Waals surface area (Å²) in [5.74, 6) is 2.11. The maximum Gasteiger partial charge on any atom is 0.109 e. The van der Waals surface area contributed by atoms with Gasteiger partial charge >= 0.3 is 0 Å². The van der Waals surface area contributed by atoms with Gasteiger partial charge in [0.2, 0.25) is 0 Å². The lowest BCUT2D eigenvalue weighted by Gasteiger charge is -2.25. The first-order chi connectivity index (χ1) is 10.0. The predicted molar refractivity (Wildman–Crippen MR) is 86.8 cm³/mol. The van der Waals surface area contributed by atoms with E-state index in [9.17, 15) is 0 Å². The largest absolute Gasteiger partial charge is 0.378 e. The maximum atomic E-state index is 6.03. The lowest BCUT2D eigenvalue weighted by Crippen LogP contribution is -2.24. The Balaban J connectivity index is 1.94.